The van der Waals surface area contributed by atoms with Crippen molar-refractivity contribution in [2.24, 2.45) is 0 Å². The van der Waals surface area contributed by atoms with Crippen LogP contribution in [0.5, 0.6) is 0 Å². The summed E-state index contributed by atoms with van der Waals surface area (Å²) in [5, 5.41) is 3.11. The van der Waals surface area contributed by atoms with E-state index < -0.39 is 15.9 Å². The average molecular weight is 464 g/mol. The van der Waals surface area contributed by atoms with Crippen molar-refractivity contribution < 1.29 is 18.0 Å². The summed E-state index contributed by atoms with van der Waals surface area (Å²) in [5.41, 5.74) is 1.51. The largest absolute Gasteiger partial charge is 0.349 e. The molecule has 2 amide bonds. The van der Waals surface area contributed by atoms with Gasteiger partial charge in [0.25, 0.3) is 11.8 Å². The van der Waals surface area contributed by atoms with Gasteiger partial charge in [0.05, 0.1) is 15.5 Å². The Morgan fingerprint density at radius 3 is 2.35 bits per heavy atom. The maximum atomic E-state index is 12.9. The molecule has 3 rings (SSSR count). The number of nitrogens with one attached hydrogen (secondary N) is 2. The molecule has 0 unspecified atom stereocenters. The first-order valence-electron chi connectivity index (χ1n) is 10.0. The molecule has 0 saturated heterocycles. The molecule has 2 N–H and O–H groups in total. The zero-order chi connectivity index (χ0) is 22.8. The van der Waals surface area contributed by atoms with Crippen LogP contribution >= 0.6 is 11.6 Å². The summed E-state index contributed by atoms with van der Waals surface area (Å²) in [4.78, 5) is 26.5. The number of amides is 2. The maximum absolute atomic E-state index is 12.9. The molecule has 0 atom stereocenters. The van der Waals surface area contributed by atoms with Crippen molar-refractivity contribution >= 4 is 33.4 Å². The molecule has 0 aromatic heterocycles. The Balaban J connectivity index is 1.72. The van der Waals surface area contributed by atoms with Crippen molar-refractivity contribution in [3.63, 3.8) is 0 Å². The van der Waals surface area contributed by atoms with Gasteiger partial charge in [0.2, 0.25) is 10.0 Å². The lowest BCUT2D eigenvalue weighted by Gasteiger charge is -2.19. The van der Waals surface area contributed by atoms with Crippen LogP contribution in [0.4, 0.5) is 0 Å². The van der Waals surface area contributed by atoms with Gasteiger partial charge in [-0.25, -0.2) is 13.1 Å². The van der Waals surface area contributed by atoms with Crippen molar-refractivity contribution in [2.45, 2.75) is 50.2 Å². The van der Waals surface area contributed by atoms with Crippen LogP contribution in [-0.2, 0) is 16.6 Å². The van der Waals surface area contributed by atoms with Crippen LogP contribution in [0.15, 0.2) is 47.4 Å². The lowest BCUT2D eigenvalue weighted by atomic mass is 10.1. The van der Waals surface area contributed by atoms with E-state index >= 15 is 0 Å². The Kier molecular flexibility index (Phi) is 7.03. The molecule has 166 valence electrons. The number of sulfonamides is 1. The van der Waals surface area contributed by atoms with Gasteiger partial charge in [-0.15, -0.1) is 0 Å². The molecule has 1 saturated carbocycles. The fourth-order valence-electron chi connectivity index (χ4n) is 3.02. The highest BCUT2D eigenvalue weighted by Crippen LogP contribution is 2.23. The summed E-state index contributed by atoms with van der Waals surface area (Å²) < 4.78 is 27.4. The highest BCUT2D eigenvalue weighted by Gasteiger charge is 2.24. The summed E-state index contributed by atoms with van der Waals surface area (Å²) in [6, 6.07) is 11.1. The van der Waals surface area contributed by atoms with Gasteiger partial charge in [-0.1, -0.05) is 23.7 Å². The van der Waals surface area contributed by atoms with Crippen molar-refractivity contribution in [2.75, 3.05) is 7.05 Å². The molecule has 0 heterocycles. The summed E-state index contributed by atoms with van der Waals surface area (Å²) in [6.45, 7) is 3.71. The first kappa shape index (κ1) is 23.2. The van der Waals surface area contributed by atoms with Crippen molar-refractivity contribution in [3.8, 4) is 0 Å². The Hall–Kier alpha value is -2.42. The molecule has 2 aromatic carbocycles. The number of rotatable bonds is 8. The van der Waals surface area contributed by atoms with E-state index in [0.717, 1.165) is 18.4 Å². The third kappa shape index (κ3) is 6.06. The van der Waals surface area contributed by atoms with Gasteiger partial charge in [0, 0.05) is 31.2 Å². The van der Waals surface area contributed by atoms with Crippen molar-refractivity contribution in [1.82, 2.24) is 14.9 Å². The van der Waals surface area contributed by atoms with E-state index in [1.54, 1.807) is 45.2 Å². The van der Waals surface area contributed by atoms with Gasteiger partial charge >= 0.3 is 0 Å². The van der Waals surface area contributed by atoms with Gasteiger partial charge in [-0.3, -0.25) is 9.59 Å². The zero-order valence-corrected chi connectivity index (χ0v) is 19.3. The molecule has 0 bridgehead atoms. The molecule has 1 aliphatic rings. The lowest BCUT2D eigenvalue weighted by Crippen LogP contribution is -2.31. The van der Waals surface area contributed by atoms with Crippen LogP contribution < -0.4 is 10.0 Å². The molecule has 0 spiro atoms. The molecule has 2 aromatic rings. The standard InChI is InChI=1S/C22H26ClN3O4S/c1-14(2)25-31(29,30)18-10-11-20(23)19(12-18)22(28)26(3)13-15-4-6-16(7-5-15)21(27)24-17-8-9-17/h4-7,10-12,14,17,25H,8-9,13H2,1-3H3,(H,24,27). The molecule has 1 fully saturated rings. The van der Waals surface area contributed by atoms with E-state index in [1.807, 2.05) is 0 Å². The molecule has 9 heteroatoms. The monoisotopic (exact) mass is 463 g/mol. The summed E-state index contributed by atoms with van der Waals surface area (Å²) >= 11 is 6.19. The second-order valence-corrected chi connectivity index (χ2v) is 10.1. The summed E-state index contributed by atoms with van der Waals surface area (Å²) in [7, 11) is -2.14. The van der Waals surface area contributed by atoms with Crippen LogP contribution in [0.2, 0.25) is 5.02 Å². The molecular weight excluding hydrogens is 438 g/mol. The smallest absolute Gasteiger partial charge is 0.255 e. The predicted octanol–water partition coefficient (Wildman–Crippen LogP) is 3.19. The van der Waals surface area contributed by atoms with E-state index in [0.29, 0.717) is 5.56 Å². The van der Waals surface area contributed by atoms with E-state index in [2.05, 4.69) is 10.0 Å². The molecule has 0 radical (unpaired) electrons. The maximum Gasteiger partial charge on any atom is 0.255 e. The minimum Gasteiger partial charge on any atom is -0.349 e. The predicted molar refractivity (Wildman–Crippen MR) is 120 cm³/mol. The highest BCUT2D eigenvalue weighted by molar-refractivity contribution is 7.89. The summed E-state index contributed by atoms with van der Waals surface area (Å²) in [6.07, 6.45) is 2.05. The average Bonchev–Trinajstić information content (AvgIpc) is 3.51. The van der Waals surface area contributed by atoms with Gasteiger partial charge < -0.3 is 10.2 Å². The van der Waals surface area contributed by atoms with E-state index in [4.69, 9.17) is 11.6 Å². The molecule has 0 aliphatic heterocycles. The molecule has 1 aliphatic carbocycles. The molecule has 31 heavy (non-hydrogen) atoms. The van der Waals surface area contributed by atoms with E-state index in [9.17, 15) is 18.0 Å². The Bertz CT molecular complexity index is 1080. The number of nitrogens with zero attached hydrogens (tertiary/aromatic N) is 1. The van der Waals surface area contributed by atoms with Crippen molar-refractivity contribution in [1.29, 1.82) is 0 Å². The molecule has 7 nitrogen and oxygen atoms in total. The number of hydrogen-bond donors (Lipinski definition) is 2. The van der Waals surface area contributed by atoms with Crippen LogP contribution in [0.1, 0.15) is 53.0 Å². The third-order valence-electron chi connectivity index (χ3n) is 4.76. The van der Waals surface area contributed by atoms with Crippen LogP contribution in [-0.4, -0.2) is 44.3 Å². The second kappa shape index (κ2) is 9.38. The third-order valence-corrected chi connectivity index (χ3v) is 6.75. The van der Waals surface area contributed by atoms with Crippen LogP contribution in [0.3, 0.4) is 0 Å². The Labute approximate surface area is 187 Å². The van der Waals surface area contributed by atoms with Crippen LogP contribution in [0.25, 0.3) is 0 Å². The quantitative estimate of drug-likeness (QED) is 0.628. The fraction of sp³-hybridized carbons (Fsp3) is 0.364. The Morgan fingerprint density at radius 2 is 1.77 bits per heavy atom. The van der Waals surface area contributed by atoms with Gasteiger partial charge in [-0.2, -0.15) is 0 Å². The van der Waals surface area contributed by atoms with Gasteiger partial charge in [0.15, 0.2) is 0 Å². The summed E-state index contributed by atoms with van der Waals surface area (Å²) in [5.74, 6) is -0.500. The van der Waals surface area contributed by atoms with Crippen molar-refractivity contribution in [3.05, 3.63) is 64.2 Å². The van der Waals surface area contributed by atoms with E-state index in [1.165, 1.54) is 23.1 Å². The fourth-order valence-corrected chi connectivity index (χ4v) is 4.50. The second-order valence-electron chi connectivity index (χ2n) is 8.02. The topological polar surface area (TPSA) is 95.6 Å². The normalized spacial score (nSPS) is 13.8. The minimum absolute atomic E-state index is 0.0200. The number of carbonyl (C=O) groups is 2. The Morgan fingerprint density at radius 1 is 1.13 bits per heavy atom. The van der Waals surface area contributed by atoms with Crippen LogP contribution in [0, 0.1) is 0 Å². The SMILES string of the molecule is CC(C)NS(=O)(=O)c1ccc(Cl)c(C(=O)N(C)Cc2ccc(C(=O)NC3CC3)cc2)c1. The van der Waals surface area contributed by atoms with E-state index in [-0.39, 0.29) is 40.0 Å². The first-order valence-corrected chi connectivity index (χ1v) is 11.9. The minimum atomic E-state index is -3.75. The number of carbonyl (C=O) groups excluding carboxylic acids is 2. The number of benzene rings is 2. The lowest BCUT2D eigenvalue weighted by molar-refractivity contribution is 0.0784. The molecular formula is C22H26ClN3O4S. The highest BCUT2D eigenvalue weighted by atomic mass is 35.5. The zero-order valence-electron chi connectivity index (χ0n) is 17.7. The van der Waals surface area contributed by atoms with Gasteiger partial charge in [0.1, 0.15) is 0 Å². The number of halogens is 1. The first-order chi connectivity index (χ1) is 14.6. The van der Waals surface area contributed by atoms with Gasteiger partial charge in [-0.05, 0) is 62.6 Å². The number of hydrogen-bond acceptors (Lipinski definition) is 4.